The maximum absolute atomic E-state index is 10.5. The SMILES string of the molecule is CCCCCCOc1ccccc1C[C@H](N)[C@H](O)CNCc1cccc(CC)c1. The highest BCUT2D eigenvalue weighted by atomic mass is 16.5. The zero-order valence-electron chi connectivity index (χ0n) is 18.1. The van der Waals surface area contributed by atoms with Gasteiger partial charge in [-0.3, -0.25) is 0 Å². The molecule has 0 radical (unpaired) electrons. The molecule has 2 atom stereocenters. The van der Waals surface area contributed by atoms with Crippen LogP contribution in [-0.2, 0) is 19.4 Å². The molecule has 0 unspecified atom stereocenters. The Labute approximate surface area is 176 Å². The molecule has 4 heteroatoms. The molecule has 0 aliphatic heterocycles. The van der Waals surface area contributed by atoms with Crippen molar-refractivity contribution in [2.45, 2.75) is 71.1 Å². The molecule has 0 aliphatic carbocycles. The molecule has 0 bridgehead atoms. The van der Waals surface area contributed by atoms with Gasteiger partial charge in [-0.25, -0.2) is 0 Å². The summed E-state index contributed by atoms with van der Waals surface area (Å²) in [5, 5.41) is 13.8. The fraction of sp³-hybridized carbons (Fsp3) is 0.520. The number of para-hydroxylation sites is 1. The minimum Gasteiger partial charge on any atom is -0.493 e. The first-order valence-corrected chi connectivity index (χ1v) is 11.1. The van der Waals surface area contributed by atoms with Crippen molar-refractivity contribution in [2.75, 3.05) is 13.2 Å². The van der Waals surface area contributed by atoms with Gasteiger partial charge in [0.15, 0.2) is 0 Å². The van der Waals surface area contributed by atoms with E-state index < -0.39 is 6.10 Å². The van der Waals surface area contributed by atoms with Gasteiger partial charge in [0.2, 0.25) is 0 Å². The van der Waals surface area contributed by atoms with Crippen molar-refractivity contribution in [3.63, 3.8) is 0 Å². The molecular formula is C25H38N2O2. The van der Waals surface area contributed by atoms with E-state index in [9.17, 15) is 5.11 Å². The highest BCUT2D eigenvalue weighted by Crippen LogP contribution is 2.20. The van der Waals surface area contributed by atoms with Crippen LogP contribution < -0.4 is 15.8 Å². The Morgan fingerprint density at radius 2 is 1.79 bits per heavy atom. The molecule has 2 rings (SSSR count). The van der Waals surface area contributed by atoms with Gasteiger partial charge in [0, 0.05) is 19.1 Å². The van der Waals surface area contributed by atoms with Crippen molar-refractivity contribution in [2.24, 2.45) is 5.73 Å². The summed E-state index contributed by atoms with van der Waals surface area (Å²) in [6.45, 7) is 6.29. The van der Waals surface area contributed by atoms with E-state index in [0.717, 1.165) is 37.3 Å². The summed E-state index contributed by atoms with van der Waals surface area (Å²) in [4.78, 5) is 0. The van der Waals surface area contributed by atoms with Crippen LogP contribution in [0.2, 0.25) is 0 Å². The second kappa shape index (κ2) is 13.4. The minimum atomic E-state index is -0.609. The molecule has 4 nitrogen and oxygen atoms in total. The van der Waals surface area contributed by atoms with Gasteiger partial charge in [-0.1, -0.05) is 75.6 Å². The van der Waals surface area contributed by atoms with Crippen LogP contribution in [0.3, 0.4) is 0 Å². The fourth-order valence-corrected chi connectivity index (χ4v) is 3.39. The van der Waals surface area contributed by atoms with Crippen LogP contribution in [0.15, 0.2) is 48.5 Å². The Balaban J connectivity index is 1.78. The molecule has 0 saturated heterocycles. The largest absolute Gasteiger partial charge is 0.493 e. The summed E-state index contributed by atoms with van der Waals surface area (Å²) in [6, 6.07) is 16.2. The highest BCUT2D eigenvalue weighted by molar-refractivity contribution is 5.34. The molecule has 0 saturated carbocycles. The van der Waals surface area contributed by atoms with Crippen molar-refractivity contribution in [3.8, 4) is 5.75 Å². The Bertz CT molecular complexity index is 705. The molecule has 2 aromatic carbocycles. The van der Waals surface area contributed by atoms with E-state index in [-0.39, 0.29) is 6.04 Å². The van der Waals surface area contributed by atoms with Crippen LogP contribution in [0.5, 0.6) is 5.75 Å². The lowest BCUT2D eigenvalue weighted by Gasteiger charge is -2.21. The number of aliphatic hydroxyl groups is 1. The maximum Gasteiger partial charge on any atom is 0.122 e. The van der Waals surface area contributed by atoms with Gasteiger partial charge in [-0.05, 0) is 42.0 Å². The highest BCUT2D eigenvalue weighted by Gasteiger charge is 2.17. The van der Waals surface area contributed by atoms with Crippen LogP contribution in [0.1, 0.15) is 56.2 Å². The van der Waals surface area contributed by atoms with E-state index in [2.05, 4.69) is 43.4 Å². The molecule has 0 fully saturated rings. The quantitative estimate of drug-likeness (QED) is 0.417. The minimum absolute atomic E-state index is 0.339. The number of hydrogen-bond donors (Lipinski definition) is 3. The van der Waals surface area contributed by atoms with Crippen LogP contribution in [-0.4, -0.2) is 30.4 Å². The van der Waals surface area contributed by atoms with Gasteiger partial charge in [0.25, 0.3) is 0 Å². The first kappa shape index (κ1) is 23.4. The van der Waals surface area contributed by atoms with E-state index in [1.165, 1.54) is 30.4 Å². The zero-order valence-corrected chi connectivity index (χ0v) is 18.1. The number of nitrogens with one attached hydrogen (secondary N) is 1. The second-order valence-corrected chi connectivity index (χ2v) is 7.76. The van der Waals surface area contributed by atoms with Crippen LogP contribution in [0.4, 0.5) is 0 Å². The summed E-state index contributed by atoms with van der Waals surface area (Å²) in [5.74, 6) is 0.885. The van der Waals surface area contributed by atoms with Gasteiger partial charge in [0.1, 0.15) is 5.75 Å². The Hall–Kier alpha value is -1.88. The Morgan fingerprint density at radius 3 is 2.59 bits per heavy atom. The predicted octanol–water partition coefficient (Wildman–Crippen LogP) is 4.23. The van der Waals surface area contributed by atoms with E-state index in [1.807, 2.05) is 24.3 Å². The normalized spacial score (nSPS) is 13.2. The molecule has 160 valence electrons. The molecule has 4 N–H and O–H groups in total. The summed E-state index contributed by atoms with van der Waals surface area (Å²) in [7, 11) is 0. The van der Waals surface area contributed by atoms with Gasteiger partial charge < -0.3 is 20.9 Å². The number of rotatable bonds is 14. The number of aliphatic hydroxyl groups excluding tert-OH is 1. The third-order valence-electron chi connectivity index (χ3n) is 5.26. The number of hydrogen-bond acceptors (Lipinski definition) is 4. The van der Waals surface area contributed by atoms with Crippen molar-refractivity contribution in [1.82, 2.24) is 5.32 Å². The molecule has 0 amide bonds. The predicted molar refractivity (Wildman–Crippen MR) is 121 cm³/mol. The van der Waals surface area contributed by atoms with Crippen LogP contribution >= 0.6 is 0 Å². The Kier molecular flexibility index (Phi) is 10.8. The average Bonchev–Trinajstić information content (AvgIpc) is 2.74. The van der Waals surface area contributed by atoms with Gasteiger partial charge in [0.05, 0.1) is 12.7 Å². The smallest absolute Gasteiger partial charge is 0.122 e. The van der Waals surface area contributed by atoms with Crippen molar-refractivity contribution in [1.29, 1.82) is 0 Å². The van der Waals surface area contributed by atoms with Crippen LogP contribution in [0.25, 0.3) is 0 Å². The molecule has 0 heterocycles. The van der Waals surface area contributed by atoms with Gasteiger partial charge >= 0.3 is 0 Å². The van der Waals surface area contributed by atoms with Crippen molar-refractivity contribution >= 4 is 0 Å². The number of nitrogens with two attached hydrogens (primary N) is 1. The Morgan fingerprint density at radius 1 is 1.00 bits per heavy atom. The molecule has 0 aromatic heterocycles. The third-order valence-corrected chi connectivity index (χ3v) is 5.26. The topological polar surface area (TPSA) is 67.5 Å². The van der Waals surface area contributed by atoms with Gasteiger partial charge in [-0.15, -0.1) is 0 Å². The van der Waals surface area contributed by atoms with E-state index in [4.69, 9.17) is 10.5 Å². The van der Waals surface area contributed by atoms with Crippen LogP contribution in [0, 0.1) is 0 Å². The first-order chi connectivity index (χ1) is 14.1. The average molecular weight is 399 g/mol. The molecule has 0 aliphatic rings. The molecule has 2 aromatic rings. The molecule has 29 heavy (non-hydrogen) atoms. The number of unbranched alkanes of at least 4 members (excludes halogenated alkanes) is 3. The fourth-order valence-electron chi connectivity index (χ4n) is 3.39. The lowest BCUT2D eigenvalue weighted by atomic mass is 10.0. The number of aryl methyl sites for hydroxylation is 1. The molecular weight excluding hydrogens is 360 g/mol. The number of ether oxygens (including phenoxy) is 1. The zero-order chi connectivity index (χ0) is 20.9. The van der Waals surface area contributed by atoms with E-state index in [1.54, 1.807) is 0 Å². The summed E-state index contributed by atoms with van der Waals surface area (Å²) in [6.07, 6.45) is 5.76. The monoisotopic (exact) mass is 398 g/mol. The second-order valence-electron chi connectivity index (χ2n) is 7.76. The maximum atomic E-state index is 10.5. The molecule has 0 spiro atoms. The lowest BCUT2D eigenvalue weighted by Crippen LogP contribution is -2.43. The standard InChI is InChI=1S/C25H38N2O2/c1-3-5-6-9-15-29-25-14-8-7-13-22(25)17-23(26)24(28)19-27-18-21-12-10-11-20(4-2)16-21/h7-8,10-14,16,23-24,27-28H,3-6,9,15,17-19,26H2,1-2H3/t23-,24+/m0/s1. The van der Waals surface area contributed by atoms with Gasteiger partial charge in [-0.2, -0.15) is 0 Å². The summed E-state index contributed by atoms with van der Waals surface area (Å²) < 4.78 is 5.97. The van der Waals surface area contributed by atoms with E-state index >= 15 is 0 Å². The third kappa shape index (κ3) is 8.57. The first-order valence-electron chi connectivity index (χ1n) is 11.1. The lowest BCUT2D eigenvalue weighted by molar-refractivity contribution is 0.141. The summed E-state index contributed by atoms with van der Waals surface area (Å²) >= 11 is 0. The van der Waals surface area contributed by atoms with E-state index in [0.29, 0.717) is 13.0 Å². The summed E-state index contributed by atoms with van der Waals surface area (Å²) in [5.41, 5.74) is 9.91. The van der Waals surface area contributed by atoms with Crippen molar-refractivity contribution in [3.05, 3.63) is 65.2 Å². The van der Waals surface area contributed by atoms with Crippen molar-refractivity contribution < 1.29 is 9.84 Å². The number of benzene rings is 2.